The highest BCUT2D eigenvalue weighted by Crippen LogP contribution is 2.37. The van der Waals surface area contributed by atoms with Crippen molar-refractivity contribution in [2.24, 2.45) is 0 Å². The highest BCUT2D eigenvalue weighted by Gasteiger charge is 2.26. The normalized spacial score (nSPS) is 13.5. The molecule has 1 N–H and O–H groups in total. The second-order valence-corrected chi connectivity index (χ2v) is 8.16. The van der Waals surface area contributed by atoms with Crippen molar-refractivity contribution in [1.29, 1.82) is 0 Å². The van der Waals surface area contributed by atoms with Crippen LogP contribution in [-0.4, -0.2) is 45.9 Å². The molecule has 0 saturated heterocycles. The van der Waals surface area contributed by atoms with Crippen LogP contribution in [-0.2, 0) is 14.8 Å². The molecule has 0 bridgehead atoms. The fraction of sp³-hybridized carbons (Fsp3) is 0.235. The van der Waals surface area contributed by atoms with Crippen LogP contribution in [0, 0.1) is 0 Å². The van der Waals surface area contributed by atoms with Crippen molar-refractivity contribution >= 4 is 33.2 Å². The quantitative estimate of drug-likeness (QED) is 0.839. The number of halogens is 1. The molecule has 0 aromatic heterocycles. The molecule has 7 nitrogen and oxygen atoms in total. The van der Waals surface area contributed by atoms with Crippen molar-refractivity contribution in [2.75, 3.05) is 32.6 Å². The Bertz CT molecular complexity index is 962. The summed E-state index contributed by atoms with van der Waals surface area (Å²) in [4.78, 5) is 12.5. The van der Waals surface area contributed by atoms with E-state index in [0.29, 0.717) is 16.5 Å². The highest BCUT2D eigenvalue weighted by molar-refractivity contribution is 7.89. The minimum atomic E-state index is -3.76. The van der Waals surface area contributed by atoms with E-state index in [4.69, 9.17) is 21.1 Å². The van der Waals surface area contributed by atoms with Crippen LogP contribution >= 0.6 is 11.6 Å². The van der Waals surface area contributed by atoms with Gasteiger partial charge >= 0.3 is 0 Å². The van der Waals surface area contributed by atoms with E-state index in [-0.39, 0.29) is 29.4 Å². The maximum Gasteiger partial charge on any atom is 0.259 e. The molecular weight excluding hydrogens is 380 g/mol. The zero-order valence-corrected chi connectivity index (χ0v) is 15.7. The Balaban J connectivity index is 1.98. The number of hydrogen-bond donors (Lipinski definition) is 1. The first-order valence-corrected chi connectivity index (χ1v) is 9.53. The summed E-state index contributed by atoms with van der Waals surface area (Å²) >= 11 is 5.95. The molecule has 1 amide bonds. The lowest BCUT2D eigenvalue weighted by molar-refractivity contribution is 0.102. The molecule has 0 atom stereocenters. The summed E-state index contributed by atoms with van der Waals surface area (Å²) in [5, 5.41) is 3.13. The number of benzene rings is 2. The van der Waals surface area contributed by atoms with Crippen molar-refractivity contribution in [3.63, 3.8) is 0 Å². The van der Waals surface area contributed by atoms with Gasteiger partial charge in [0, 0.05) is 25.7 Å². The van der Waals surface area contributed by atoms with E-state index in [1.807, 2.05) is 0 Å². The number of nitrogens with one attached hydrogen (secondary N) is 1. The molecular formula is C17H17ClN2O5S. The SMILES string of the molecule is COCCN(C)S(=O)(=O)c1ccc2c(c1)C(=O)Nc1cc(Cl)ccc1O2. The Morgan fingerprint density at radius 3 is 2.65 bits per heavy atom. The van der Waals surface area contributed by atoms with Gasteiger partial charge in [0.1, 0.15) is 5.75 Å². The van der Waals surface area contributed by atoms with Gasteiger partial charge in [-0.2, -0.15) is 4.31 Å². The van der Waals surface area contributed by atoms with Crippen LogP contribution < -0.4 is 10.1 Å². The summed E-state index contributed by atoms with van der Waals surface area (Å²) < 4.78 is 37.2. The number of sulfonamides is 1. The molecule has 0 fully saturated rings. The molecule has 3 rings (SSSR count). The number of carbonyl (C=O) groups is 1. The Labute approximate surface area is 156 Å². The minimum Gasteiger partial charge on any atom is -0.454 e. The van der Waals surface area contributed by atoms with Gasteiger partial charge in [-0.1, -0.05) is 11.6 Å². The molecule has 1 aliphatic rings. The monoisotopic (exact) mass is 396 g/mol. The molecule has 1 heterocycles. The number of methoxy groups -OCH3 is 1. The lowest BCUT2D eigenvalue weighted by atomic mass is 10.2. The molecule has 0 spiro atoms. The summed E-state index contributed by atoms with van der Waals surface area (Å²) in [6, 6.07) is 9.02. The third-order valence-electron chi connectivity index (χ3n) is 3.92. The molecule has 0 unspecified atom stereocenters. The largest absolute Gasteiger partial charge is 0.454 e. The van der Waals surface area contributed by atoms with E-state index in [0.717, 1.165) is 0 Å². The van der Waals surface area contributed by atoms with E-state index < -0.39 is 15.9 Å². The number of rotatable bonds is 5. The predicted octanol–water partition coefficient (Wildman–Crippen LogP) is 2.96. The van der Waals surface area contributed by atoms with E-state index in [9.17, 15) is 13.2 Å². The maximum absolute atomic E-state index is 12.7. The number of likely N-dealkylation sites (N-methyl/N-ethyl adjacent to an activating group) is 1. The minimum absolute atomic E-state index is 0.00223. The molecule has 26 heavy (non-hydrogen) atoms. The number of anilines is 1. The lowest BCUT2D eigenvalue weighted by Gasteiger charge is -2.17. The van der Waals surface area contributed by atoms with Crippen molar-refractivity contribution < 1.29 is 22.7 Å². The van der Waals surface area contributed by atoms with Gasteiger partial charge in [0.25, 0.3) is 5.91 Å². The number of ether oxygens (including phenoxy) is 2. The molecule has 138 valence electrons. The summed E-state index contributed by atoms with van der Waals surface area (Å²) in [6.07, 6.45) is 0. The van der Waals surface area contributed by atoms with Gasteiger partial charge in [0.05, 0.1) is 22.8 Å². The van der Waals surface area contributed by atoms with Crippen LogP contribution in [0.15, 0.2) is 41.3 Å². The summed E-state index contributed by atoms with van der Waals surface area (Å²) in [5.41, 5.74) is 0.541. The average molecular weight is 397 g/mol. The molecule has 1 aliphatic heterocycles. The first kappa shape index (κ1) is 18.7. The van der Waals surface area contributed by atoms with Crippen LogP contribution in [0.2, 0.25) is 5.02 Å². The van der Waals surface area contributed by atoms with Crippen LogP contribution in [0.3, 0.4) is 0 Å². The number of amides is 1. The second-order valence-electron chi connectivity index (χ2n) is 5.67. The van der Waals surface area contributed by atoms with Gasteiger partial charge < -0.3 is 14.8 Å². The van der Waals surface area contributed by atoms with Crippen LogP contribution in [0.5, 0.6) is 11.5 Å². The molecule has 2 aromatic carbocycles. The molecule has 0 aliphatic carbocycles. The average Bonchev–Trinajstić information content (AvgIpc) is 2.74. The van der Waals surface area contributed by atoms with Crippen molar-refractivity contribution in [2.45, 2.75) is 4.90 Å². The summed E-state index contributed by atoms with van der Waals surface area (Å²) in [5.74, 6) is 0.217. The molecule has 2 aromatic rings. The fourth-order valence-electron chi connectivity index (χ4n) is 2.45. The van der Waals surface area contributed by atoms with Crippen LogP contribution in [0.1, 0.15) is 10.4 Å². The van der Waals surface area contributed by atoms with Crippen LogP contribution in [0.4, 0.5) is 5.69 Å². The van der Waals surface area contributed by atoms with Crippen molar-refractivity contribution in [1.82, 2.24) is 4.31 Å². The summed E-state index contributed by atoms with van der Waals surface area (Å²) in [6.45, 7) is 0.461. The topological polar surface area (TPSA) is 84.9 Å². The highest BCUT2D eigenvalue weighted by atomic mass is 35.5. The third kappa shape index (κ3) is 3.54. The van der Waals surface area contributed by atoms with E-state index in [2.05, 4.69) is 5.32 Å². The lowest BCUT2D eigenvalue weighted by Crippen LogP contribution is -2.30. The zero-order chi connectivity index (χ0) is 18.9. The zero-order valence-electron chi connectivity index (χ0n) is 14.2. The molecule has 0 radical (unpaired) electrons. The molecule has 9 heteroatoms. The standard InChI is InChI=1S/C17H17ClN2O5S/c1-20(7-8-24-2)26(22,23)12-4-6-15-13(10-12)17(21)19-14-9-11(18)3-5-16(14)25-15/h3-6,9-10H,7-8H2,1-2H3,(H,19,21). The maximum atomic E-state index is 12.7. The van der Waals surface area contributed by atoms with Gasteiger partial charge in [-0.3, -0.25) is 4.79 Å². The van der Waals surface area contributed by atoms with Gasteiger partial charge in [-0.05, 0) is 36.4 Å². The third-order valence-corrected chi connectivity index (χ3v) is 6.01. The second kappa shape index (κ2) is 7.24. The fourth-order valence-corrected chi connectivity index (χ4v) is 3.81. The Morgan fingerprint density at radius 1 is 1.19 bits per heavy atom. The van der Waals surface area contributed by atoms with Gasteiger partial charge in [-0.25, -0.2) is 8.42 Å². The van der Waals surface area contributed by atoms with E-state index in [1.54, 1.807) is 18.2 Å². The van der Waals surface area contributed by atoms with Gasteiger partial charge in [0.15, 0.2) is 5.75 Å². The number of fused-ring (bicyclic) bond motifs is 2. The first-order chi connectivity index (χ1) is 12.3. The van der Waals surface area contributed by atoms with Gasteiger partial charge in [-0.15, -0.1) is 0 Å². The number of hydrogen-bond acceptors (Lipinski definition) is 5. The summed E-state index contributed by atoms with van der Waals surface area (Å²) in [7, 11) is -0.810. The Kier molecular flexibility index (Phi) is 5.19. The van der Waals surface area contributed by atoms with Crippen molar-refractivity contribution in [3.05, 3.63) is 47.0 Å². The predicted molar refractivity (Wildman–Crippen MR) is 97.6 cm³/mol. The number of nitrogens with zero attached hydrogens (tertiary/aromatic N) is 1. The Hall–Kier alpha value is -2.13. The van der Waals surface area contributed by atoms with Crippen molar-refractivity contribution in [3.8, 4) is 11.5 Å². The molecule has 0 saturated carbocycles. The van der Waals surface area contributed by atoms with Crippen LogP contribution in [0.25, 0.3) is 0 Å². The van der Waals surface area contributed by atoms with Gasteiger partial charge in [0.2, 0.25) is 10.0 Å². The number of carbonyl (C=O) groups excluding carboxylic acids is 1. The Morgan fingerprint density at radius 2 is 1.92 bits per heavy atom. The van der Waals surface area contributed by atoms with E-state index >= 15 is 0 Å². The van der Waals surface area contributed by atoms with E-state index in [1.165, 1.54) is 36.7 Å². The smallest absolute Gasteiger partial charge is 0.259 e. The first-order valence-electron chi connectivity index (χ1n) is 7.71.